The van der Waals surface area contributed by atoms with Crippen LogP contribution in [0.1, 0.15) is 21.6 Å². The van der Waals surface area contributed by atoms with Gasteiger partial charge in [0, 0.05) is 6.20 Å². The Morgan fingerprint density at radius 3 is 2.71 bits per heavy atom. The van der Waals surface area contributed by atoms with Crippen LogP contribution in [0.2, 0.25) is 0 Å². The van der Waals surface area contributed by atoms with Gasteiger partial charge < -0.3 is 14.8 Å². The van der Waals surface area contributed by atoms with Crippen LogP contribution in [0.4, 0.5) is 4.79 Å². The summed E-state index contributed by atoms with van der Waals surface area (Å²) in [4.78, 5) is 27.1. The zero-order valence-electron chi connectivity index (χ0n) is 13.1. The van der Waals surface area contributed by atoms with Gasteiger partial charge in [-0.15, -0.1) is 0 Å². The number of hydrogen-bond acceptors (Lipinski definition) is 5. The number of benzene rings is 1. The summed E-state index contributed by atoms with van der Waals surface area (Å²) in [6.07, 6.45) is 0.920. The van der Waals surface area contributed by atoms with Gasteiger partial charge in [-0.2, -0.15) is 0 Å². The van der Waals surface area contributed by atoms with E-state index in [4.69, 9.17) is 4.74 Å². The van der Waals surface area contributed by atoms with Crippen molar-refractivity contribution < 1.29 is 19.1 Å². The second kappa shape index (κ2) is 8.96. The lowest BCUT2D eigenvalue weighted by Crippen LogP contribution is -2.24. The molecule has 1 aromatic heterocycles. The highest BCUT2D eigenvalue weighted by molar-refractivity contribution is 5.90. The normalized spacial score (nSPS) is 9.38. The number of rotatable bonds is 4. The van der Waals surface area contributed by atoms with E-state index in [2.05, 4.69) is 26.9 Å². The van der Waals surface area contributed by atoms with Crippen molar-refractivity contribution in [2.75, 3.05) is 13.7 Å². The summed E-state index contributed by atoms with van der Waals surface area (Å²) in [5.74, 6) is 4.95. The number of ether oxygens (including phenoxy) is 2. The molecule has 0 unspecified atom stereocenters. The Kier molecular flexibility index (Phi) is 6.35. The molecule has 0 radical (unpaired) electrons. The summed E-state index contributed by atoms with van der Waals surface area (Å²) >= 11 is 0. The van der Waals surface area contributed by atoms with Gasteiger partial charge in [0.2, 0.25) is 0 Å². The van der Waals surface area contributed by atoms with Gasteiger partial charge >= 0.3 is 12.1 Å². The zero-order chi connectivity index (χ0) is 17.2. The number of pyridine rings is 1. The van der Waals surface area contributed by atoms with Crippen LogP contribution in [0, 0.1) is 11.8 Å². The van der Waals surface area contributed by atoms with E-state index in [1.54, 1.807) is 12.1 Å². The lowest BCUT2D eigenvalue weighted by molar-refractivity contribution is 0.0593. The van der Waals surface area contributed by atoms with Crippen molar-refractivity contribution in [1.29, 1.82) is 0 Å². The number of carbonyl (C=O) groups is 2. The molecule has 0 spiro atoms. The fourth-order valence-corrected chi connectivity index (χ4v) is 1.80. The second-order valence-corrected chi connectivity index (χ2v) is 4.61. The monoisotopic (exact) mass is 324 g/mol. The smallest absolute Gasteiger partial charge is 0.408 e. The van der Waals surface area contributed by atoms with E-state index in [9.17, 15) is 9.59 Å². The molecule has 6 nitrogen and oxygen atoms in total. The van der Waals surface area contributed by atoms with Crippen molar-refractivity contribution in [1.82, 2.24) is 10.3 Å². The van der Waals surface area contributed by atoms with Gasteiger partial charge in [0.05, 0.1) is 19.2 Å². The van der Waals surface area contributed by atoms with E-state index in [0.29, 0.717) is 5.56 Å². The molecule has 1 heterocycles. The number of alkyl carbamates (subject to hydrolysis) is 1. The summed E-state index contributed by atoms with van der Waals surface area (Å²) in [5, 5.41) is 2.51. The molecular weight excluding hydrogens is 308 g/mol. The highest BCUT2D eigenvalue weighted by Gasteiger charge is 2.10. The molecule has 0 fully saturated rings. The van der Waals surface area contributed by atoms with Gasteiger partial charge in [-0.3, -0.25) is 0 Å². The average Bonchev–Trinajstić information content (AvgIpc) is 2.64. The molecule has 1 aromatic carbocycles. The molecule has 0 aliphatic heterocycles. The minimum atomic E-state index is -0.562. The van der Waals surface area contributed by atoms with Gasteiger partial charge in [-0.25, -0.2) is 14.6 Å². The van der Waals surface area contributed by atoms with Crippen molar-refractivity contribution >= 4 is 12.1 Å². The SMILES string of the molecule is COC(=O)c1ncccc1C#CCNC(=O)OCc1ccccc1. The number of hydrogen-bond donors (Lipinski definition) is 1. The molecule has 24 heavy (non-hydrogen) atoms. The molecule has 2 rings (SSSR count). The minimum Gasteiger partial charge on any atom is -0.464 e. The largest absolute Gasteiger partial charge is 0.464 e. The van der Waals surface area contributed by atoms with Gasteiger partial charge in [0.1, 0.15) is 6.61 Å². The standard InChI is InChI=1S/C18H16N2O4/c1-23-17(21)16-15(9-5-11-19-16)10-6-12-20-18(22)24-13-14-7-3-2-4-8-14/h2-5,7-9,11H,12-13H2,1H3,(H,20,22). The first kappa shape index (κ1) is 17.0. The molecule has 0 bridgehead atoms. The third kappa shape index (κ3) is 5.14. The minimum absolute atomic E-state index is 0.0864. The number of carbonyl (C=O) groups excluding carboxylic acids is 2. The lowest BCUT2D eigenvalue weighted by Gasteiger charge is -2.04. The lowest BCUT2D eigenvalue weighted by atomic mass is 10.2. The summed E-state index contributed by atoms with van der Waals surface area (Å²) in [5.41, 5.74) is 1.47. The Hall–Kier alpha value is -3.33. The highest BCUT2D eigenvalue weighted by Crippen LogP contribution is 2.04. The van der Waals surface area contributed by atoms with Gasteiger partial charge in [0.25, 0.3) is 0 Å². The molecule has 1 amide bonds. The fraction of sp³-hybridized carbons (Fsp3) is 0.167. The second-order valence-electron chi connectivity index (χ2n) is 4.61. The van der Waals surface area contributed by atoms with Crippen LogP contribution in [-0.2, 0) is 16.1 Å². The maximum atomic E-state index is 11.6. The summed E-state index contributed by atoms with van der Waals surface area (Å²) in [6, 6.07) is 12.7. The highest BCUT2D eigenvalue weighted by atomic mass is 16.5. The molecular formula is C18H16N2O4. The predicted octanol–water partition coefficient (Wildman–Crippen LogP) is 2.15. The van der Waals surface area contributed by atoms with Crippen molar-refractivity contribution in [2.45, 2.75) is 6.61 Å². The predicted molar refractivity (Wildman–Crippen MR) is 87.1 cm³/mol. The van der Waals surface area contributed by atoms with Gasteiger partial charge in [0.15, 0.2) is 5.69 Å². The molecule has 0 saturated carbocycles. The van der Waals surface area contributed by atoms with Crippen LogP contribution in [0.15, 0.2) is 48.7 Å². The number of esters is 1. The van der Waals surface area contributed by atoms with Gasteiger partial charge in [-0.05, 0) is 17.7 Å². The first-order chi connectivity index (χ1) is 11.7. The average molecular weight is 324 g/mol. The van der Waals surface area contributed by atoms with E-state index in [1.807, 2.05) is 30.3 Å². The van der Waals surface area contributed by atoms with E-state index < -0.39 is 12.1 Å². The Morgan fingerprint density at radius 2 is 1.96 bits per heavy atom. The maximum Gasteiger partial charge on any atom is 0.408 e. The summed E-state index contributed by atoms with van der Waals surface area (Å²) < 4.78 is 9.69. The Balaban J connectivity index is 1.83. The summed E-state index contributed by atoms with van der Waals surface area (Å²) in [6.45, 7) is 0.276. The third-order valence-corrected chi connectivity index (χ3v) is 2.94. The number of nitrogens with zero attached hydrogens (tertiary/aromatic N) is 1. The first-order valence-electron chi connectivity index (χ1n) is 7.17. The number of nitrogens with one attached hydrogen (secondary N) is 1. The van der Waals surface area contributed by atoms with E-state index in [1.165, 1.54) is 13.3 Å². The molecule has 2 aromatic rings. The van der Waals surface area contributed by atoms with E-state index in [0.717, 1.165) is 5.56 Å². The van der Waals surface area contributed by atoms with Gasteiger partial charge in [-0.1, -0.05) is 42.2 Å². The zero-order valence-corrected chi connectivity index (χ0v) is 13.1. The molecule has 122 valence electrons. The topological polar surface area (TPSA) is 77.5 Å². The Bertz CT molecular complexity index is 763. The van der Waals surface area contributed by atoms with Crippen LogP contribution in [-0.4, -0.2) is 30.7 Å². The van der Waals surface area contributed by atoms with Crippen LogP contribution < -0.4 is 5.32 Å². The molecule has 0 saturated heterocycles. The molecule has 1 N–H and O–H groups in total. The van der Waals surface area contributed by atoms with E-state index >= 15 is 0 Å². The van der Waals surface area contributed by atoms with E-state index in [-0.39, 0.29) is 18.8 Å². The quantitative estimate of drug-likeness (QED) is 0.689. The molecule has 0 aliphatic carbocycles. The van der Waals surface area contributed by atoms with Crippen LogP contribution in [0.3, 0.4) is 0 Å². The van der Waals surface area contributed by atoms with Crippen molar-refractivity contribution in [3.05, 3.63) is 65.5 Å². The summed E-state index contributed by atoms with van der Waals surface area (Å²) in [7, 11) is 1.28. The van der Waals surface area contributed by atoms with Crippen LogP contribution in [0.25, 0.3) is 0 Å². The van der Waals surface area contributed by atoms with Crippen molar-refractivity contribution in [2.24, 2.45) is 0 Å². The first-order valence-corrected chi connectivity index (χ1v) is 7.17. The van der Waals surface area contributed by atoms with Crippen LogP contribution >= 0.6 is 0 Å². The third-order valence-electron chi connectivity index (χ3n) is 2.94. The molecule has 6 heteroatoms. The maximum absolute atomic E-state index is 11.6. The van der Waals surface area contributed by atoms with Crippen molar-refractivity contribution in [3.63, 3.8) is 0 Å². The number of aromatic nitrogens is 1. The Labute approximate surface area is 139 Å². The number of methoxy groups -OCH3 is 1. The number of amides is 1. The molecule has 0 atom stereocenters. The van der Waals surface area contributed by atoms with Crippen LogP contribution in [0.5, 0.6) is 0 Å². The fourth-order valence-electron chi connectivity index (χ4n) is 1.80. The molecule has 0 aliphatic rings. The van der Waals surface area contributed by atoms with Crippen molar-refractivity contribution in [3.8, 4) is 11.8 Å². The Morgan fingerprint density at radius 1 is 1.17 bits per heavy atom.